The number of halogens is 3. The normalized spacial score (nSPS) is 21.3. The zero-order valence-electron chi connectivity index (χ0n) is 23.5. The summed E-state index contributed by atoms with van der Waals surface area (Å²) in [6.07, 6.45) is -3.85. The molecule has 1 aromatic carbocycles. The van der Waals surface area contributed by atoms with Crippen molar-refractivity contribution in [3.05, 3.63) is 21.8 Å². The topological polar surface area (TPSA) is 267 Å². The Hall–Kier alpha value is -1.48. The zero-order valence-corrected chi connectivity index (χ0v) is 29.9. The van der Waals surface area contributed by atoms with E-state index in [1.807, 2.05) is 0 Å². The molecular weight excluding hydrogens is 919 g/mol. The van der Waals surface area contributed by atoms with Crippen molar-refractivity contribution >= 4 is 103 Å². The molecule has 1 aromatic rings. The molecule has 0 bridgehead atoms. The summed E-state index contributed by atoms with van der Waals surface area (Å²) in [5, 5.41) is 39.2. The highest BCUT2D eigenvalue weighted by Gasteiger charge is 2.39. The number of carboxylic acid groups (broad SMARTS) is 2. The van der Waals surface area contributed by atoms with E-state index < -0.39 is 65.7 Å². The molecule has 3 amide bonds. The van der Waals surface area contributed by atoms with Crippen LogP contribution >= 0.6 is 67.8 Å². The van der Waals surface area contributed by atoms with Gasteiger partial charge in [-0.05, 0) is 95.5 Å². The molecule has 2 saturated heterocycles. The van der Waals surface area contributed by atoms with Gasteiger partial charge in [-0.1, -0.05) is 0 Å². The highest BCUT2D eigenvalue weighted by atomic mass is 127. The van der Waals surface area contributed by atoms with Gasteiger partial charge in [0.1, 0.15) is 12.2 Å². The molecule has 2 aliphatic rings. The number of aliphatic hydroxyl groups excluding tert-OH is 2. The minimum absolute atomic E-state index is 0.122. The highest BCUT2D eigenvalue weighted by molar-refractivity contribution is 14.1. The summed E-state index contributed by atoms with van der Waals surface area (Å²) in [7, 11) is 0. The van der Waals surface area contributed by atoms with Gasteiger partial charge in [0.25, 0.3) is 0 Å². The number of nitrogens with two attached hydrogens (primary N) is 2. The van der Waals surface area contributed by atoms with E-state index in [0.29, 0.717) is 7.14 Å². The summed E-state index contributed by atoms with van der Waals surface area (Å²) in [5.74, 6) is -5.92. The number of rotatable bonds is 7. The van der Waals surface area contributed by atoms with Crippen molar-refractivity contribution in [3.8, 4) is 0 Å². The minimum atomic E-state index is -1.29. The lowest BCUT2D eigenvalue weighted by Gasteiger charge is -2.18. The second-order valence-electron chi connectivity index (χ2n) is 9.79. The Morgan fingerprint density at radius 3 is 1.30 bits per heavy atom. The first kappa shape index (κ1) is 39.5. The van der Waals surface area contributed by atoms with Crippen LogP contribution in [0.2, 0.25) is 0 Å². The van der Waals surface area contributed by atoms with Gasteiger partial charge in [-0.25, -0.2) is 9.59 Å². The van der Waals surface area contributed by atoms with Crippen molar-refractivity contribution in [2.75, 3.05) is 18.5 Å². The molecule has 0 spiro atoms. The van der Waals surface area contributed by atoms with E-state index in [1.54, 1.807) is 95.5 Å². The number of ether oxygens (including phenoxy) is 4. The van der Waals surface area contributed by atoms with Gasteiger partial charge in [-0.3, -0.25) is 14.4 Å². The Morgan fingerprint density at radius 2 is 1.09 bits per heavy atom. The minimum Gasteiger partial charge on any atom is -0.478 e. The van der Waals surface area contributed by atoms with Crippen molar-refractivity contribution in [1.29, 1.82) is 0 Å². The van der Waals surface area contributed by atoms with Crippen LogP contribution in [0.15, 0.2) is 0 Å². The molecule has 4 unspecified atom stereocenters. The molecule has 9 N–H and O–H groups in total. The Bertz CT molecular complexity index is 1180. The number of primary amides is 2. The number of carboxylic acids is 2. The van der Waals surface area contributed by atoms with Crippen LogP contribution in [0.25, 0.3) is 0 Å². The van der Waals surface area contributed by atoms with Gasteiger partial charge in [-0.2, -0.15) is 0 Å². The van der Waals surface area contributed by atoms with E-state index in [0.717, 1.165) is 0 Å². The molecule has 2 aliphatic heterocycles. The SMILES string of the molecule is CC(=O)Nc1c(I)c(C(=O)O)c(I)c(C(=O)O)c1I.CC1(C)OCC(C(O)C(N)=O)O1.CC1(C)OCC(C(O)C(N)=O)O1. The van der Waals surface area contributed by atoms with Crippen LogP contribution in [0.1, 0.15) is 55.3 Å². The fourth-order valence-corrected chi connectivity index (χ4v) is 7.79. The predicted molar refractivity (Wildman–Crippen MR) is 173 cm³/mol. The quantitative estimate of drug-likeness (QED) is 0.187. The third-order valence-electron chi connectivity index (χ3n) is 5.39. The van der Waals surface area contributed by atoms with Gasteiger partial charge in [0.05, 0.1) is 37.2 Å². The number of carbonyl (C=O) groups excluding carboxylic acids is 3. The van der Waals surface area contributed by atoms with Crippen molar-refractivity contribution in [2.24, 2.45) is 11.5 Å². The molecule has 3 rings (SSSR count). The van der Waals surface area contributed by atoms with Gasteiger partial charge in [0, 0.05) is 10.5 Å². The molecule has 2 heterocycles. The summed E-state index contributed by atoms with van der Waals surface area (Å²) in [6.45, 7) is 8.49. The summed E-state index contributed by atoms with van der Waals surface area (Å²) in [5.41, 5.74) is 9.73. The van der Waals surface area contributed by atoms with Gasteiger partial charge in [-0.15, -0.1) is 0 Å². The first-order valence-corrected chi connectivity index (χ1v) is 15.3. The number of hydrogen-bond acceptors (Lipinski definition) is 11. The second-order valence-corrected chi connectivity index (χ2v) is 13.0. The number of carbonyl (C=O) groups is 5. The number of nitrogens with one attached hydrogen (secondary N) is 1. The van der Waals surface area contributed by atoms with Crippen LogP contribution in [0, 0.1) is 10.7 Å². The number of aliphatic hydroxyl groups is 2. The van der Waals surface area contributed by atoms with Gasteiger partial charge < -0.3 is 56.2 Å². The number of anilines is 1. The third kappa shape index (κ3) is 11.4. The highest BCUT2D eigenvalue weighted by Crippen LogP contribution is 2.35. The van der Waals surface area contributed by atoms with Gasteiger partial charge in [0.2, 0.25) is 17.7 Å². The zero-order chi connectivity index (χ0) is 33.6. The van der Waals surface area contributed by atoms with E-state index in [2.05, 4.69) is 5.32 Å². The van der Waals surface area contributed by atoms with Crippen molar-refractivity contribution < 1.29 is 63.3 Å². The third-order valence-corrected chi connectivity index (χ3v) is 8.63. The lowest BCUT2D eigenvalue weighted by atomic mass is 10.1. The van der Waals surface area contributed by atoms with E-state index in [-0.39, 0.29) is 33.6 Å². The number of aromatic carboxylic acids is 2. The molecule has 0 aromatic heterocycles. The Balaban J connectivity index is 0.000000337. The van der Waals surface area contributed by atoms with Crippen LogP contribution < -0.4 is 16.8 Å². The summed E-state index contributed by atoms with van der Waals surface area (Å²) in [6, 6.07) is 0. The number of benzene rings is 1. The maximum Gasteiger partial charge on any atom is 0.337 e. The first-order chi connectivity index (χ1) is 19.5. The molecule has 242 valence electrons. The molecule has 4 atom stereocenters. The van der Waals surface area contributed by atoms with Crippen molar-refractivity contribution in [1.82, 2.24) is 0 Å². The summed E-state index contributed by atoms with van der Waals surface area (Å²) in [4.78, 5) is 54.7. The first-order valence-electron chi connectivity index (χ1n) is 12.1. The summed E-state index contributed by atoms with van der Waals surface area (Å²) >= 11 is 5.25. The van der Waals surface area contributed by atoms with Crippen LogP contribution in [0.4, 0.5) is 5.69 Å². The second kappa shape index (κ2) is 16.2. The standard InChI is InChI=1S/C10H6I3NO5.2C7H13NO4/c1-2(15)14-8-6(12)3(9(16)17)5(11)4(7(8)13)10(18)19;2*1-7(2)11-3-4(12-7)5(9)6(8)10/h1H3,(H,14,15)(H,16,17)(H,18,19);2*4-5,9H,3H2,1-2H3,(H2,8,10). The molecule has 19 heteroatoms. The maximum absolute atomic E-state index is 11.2. The monoisotopic (exact) mass is 951 g/mol. The molecule has 43 heavy (non-hydrogen) atoms. The van der Waals surface area contributed by atoms with E-state index in [4.69, 9.17) is 30.4 Å². The average Bonchev–Trinajstić information content (AvgIpc) is 3.41. The molecule has 0 radical (unpaired) electrons. The Labute approximate surface area is 286 Å². The van der Waals surface area contributed by atoms with Crippen molar-refractivity contribution in [2.45, 2.75) is 70.6 Å². The molecule has 16 nitrogen and oxygen atoms in total. The number of hydrogen-bond donors (Lipinski definition) is 7. The van der Waals surface area contributed by atoms with E-state index in [9.17, 15) is 44.4 Å². The molecular formula is C24H32I3N3O13. The fourth-order valence-electron chi connectivity index (χ4n) is 3.43. The fraction of sp³-hybridized carbons (Fsp3) is 0.542. The average molecular weight is 951 g/mol. The predicted octanol–water partition coefficient (Wildman–Crippen LogP) is 0.823. The Kier molecular flexibility index (Phi) is 14.9. The van der Waals surface area contributed by atoms with E-state index in [1.165, 1.54) is 6.92 Å². The molecule has 2 fully saturated rings. The van der Waals surface area contributed by atoms with Crippen molar-refractivity contribution in [3.63, 3.8) is 0 Å². The van der Waals surface area contributed by atoms with Crippen LogP contribution in [-0.4, -0.2) is 99.3 Å². The lowest BCUT2D eigenvalue weighted by Crippen LogP contribution is -2.40. The Morgan fingerprint density at radius 1 is 0.767 bits per heavy atom. The van der Waals surface area contributed by atoms with Gasteiger partial charge in [0.15, 0.2) is 23.8 Å². The molecule has 0 saturated carbocycles. The van der Waals surface area contributed by atoms with Crippen LogP contribution in [0.3, 0.4) is 0 Å². The van der Waals surface area contributed by atoms with Gasteiger partial charge >= 0.3 is 11.9 Å². The smallest absolute Gasteiger partial charge is 0.337 e. The van der Waals surface area contributed by atoms with E-state index >= 15 is 0 Å². The lowest BCUT2D eigenvalue weighted by molar-refractivity contribution is -0.158. The maximum atomic E-state index is 11.2. The number of amides is 3. The van der Waals surface area contributed by atoms with Crippen LogP contribution in [-0.2, 0) is 33.3 Å². The molecule has 0 aliphatic carbocycles. The van der Waals surface area contributed by atoms with Crippen LogP contribution in [0.5, 0.6) is 0 Å². The summed E-state index contributed by atoms with van der Waals surface area (Å²) < 4.78 is 21.4. The largest absolute Gasteiger partial charge is 0.478 e.